The van der Waals surface area contributed by atoms with Crippen LogP contribution < -0.4 is 10.2 Å². The second-order valence-electron chi connectivity index (χ2n) is 6.34. The molecule has 0 bridgehead atoms. The van der Waals surface area contributed by atoms with Crippen molar-refractivity contribution in [1.82, 2.24) is 5.32 Å². The van der Waals surface area contributed by atoms with Gasteiger partial charge in [-0.3, -0.25) is 4.79 Å². The second kappa shape index (κ2) is 7.40. The molecule has 2 aromatic rings. The Morgan fingerprint density at radius 3 is 2.63 bits per heavy atom. The number of nitrogens with zero attached hydrogens (tertiary/aromatic N) is 1. The predicted molar refractivity (Wildman–Crippen MR) is 92.4 cm³/mol. The van der Waals surface area contributed by atoms with Crippen LogP contribution in [0.15, 0.2) is 48.5 Å². The smallest absolute Gasteiger partial charge is 0.416 e. The van der Waals surface area contributed by atoms with Gasteiger partial charge >= 0.3 is 12.1 Å². The summed E-state index contributed by atoms with van der Waals surface area (Å²) in [6, 6.07) is 10.9. The lowest BCUT2D eigenvalue weighted by Crippen LogP contribution is -2.32. The zero-order valence-electron chi connectivity index (χ0n) is 14.2. The first-order valence-corrected chi connectivity index (χ1v) is 8.27. The zero-order valence-corrected chi connectivity index (χ0v) is 14.2. The van der Waals surface area contributed by atoms with Gasteiger partial charge in [0.05, 0.1) is 11.1 Å². The fourth-order valence-corrected chi connectivity index (χ4v) is 3.02. The van der Waals surface area contributed by atoms with Gasteiger partial charge in [-0.15, -0.1) is 0 Å². The van der Waals surface area contributed by atoms with Gasteiger partial charge in [-0.05, 0) is 35.9 Å². The van der Waals surface area contributed by atoms with E-state index < -0.39 is 17.7 Å². The first-order chi connectivity index (χ1) is 12.7. The maximum absolute atomic E-state index is 12.9. The monoisotopic (exact) mass is 378 g/mol. The summed E-state index contributed by atoms with van der Waals surface area (Å²) in [5, 5.41) is 12.2. The number of amides is 1. The van der Waals surface area contributed by atoms with E-state index in [-0.39, 0.29) is 36.2 Å². The largest absolute Gasteiger partial charge is 0.478 e. The Morgan fingerprint density at radius 1 is 1.19 bits per heavy atom. The maximum Gasteiger partial charge on any atom is 0.416 e. The number of rotatable bonds is 5. The van der Waals surface area contributed by atoms with Gasteiger partial charge in [-0.2, -0.15) is 13.2 Å². The van der Waals surface area contributed by atoms with Crippen LogP contribution in [0.3, 0.4) is 0 Å². The standard InChI is InChI=1S/C19H17F3N2O3/c20-19(21,22)14-5-2-6-16(8-14)24-11-15(9-17(24)25)23-10-12-3-1-4-13(7-12)18(26)27/h1-8,15,23H,9-11H2,(H,26,27). The lowest BCUT2D eigenvalue weighted by Gasteiger charge is -2.19. The Hall–Kier alpha value is -2.87. The molecule has 0 aliphatic carbocycles. The molecule has 27 heavy (non-hydrogen) atoms. The molecule has 0 radical (unpaired) electrons. The minimum Gasteiger partial charge on any atom is -0.478 e. The SMILES string of the molecule is O=C(O)c1cccc(CNC2CC(=O)N(c3cccc(C(F)(F)F)c3)C2)c1. The van der Waals surface area contributed by atoms with Gasteiger partial charge < -0.3 is 15.3 Å². The van der Waals surface area contributed by atoms with E-state index in [1.165, 1.54) is 29.2 Å². The Labute approximate surface area is 153 Å². The summed E-state index contributed by atoms with van der Waals surface area (Å²) in [7, 11) is 0. The molecular formula is C19H17F3N2O3. The zero-order chi connectivity index (χ0) is 19.6. The molecule has 0 spiro atoms. The van der Waals surface area contributed by atoms with E-state index >= 15 is 0 Å². The Bertz CT molecular complexity index is 867. The van der Waals surface area contributed by atoms with Crippen LogP contribution in [-0.2, 0) is 17.5 Å². The highest BCUT2D eigenvalue weighted by Gasteiger charge is 2.34. The number of aromatic carboxylic acids is 1. The van der Waals surface area contributed by atoms with Gasteiger partial charge in [-0.25, -0.2) is 4.79 Å². The normalized spacial score (nSPS) is 17.4. The average molecular weight is 378 g/mol. The third kappa shape index (κ3) is 4.46. The highest BCUT2D eigenvalue weighted by atomic mass is 19.4. The minimum atomic E-state index is -4.47. The molecular weight excluding hydrogens is 361 g/mol. The molecule has 8 heteroatoms. The minimum absolute atomic E-state index is 0.162. The number of alkyl halides is 3. The number of carboxylic acids is 1. The molecule has 1 fully saturated rings. The number of halogens is 3. The van der Waals surface area contributed by atoms with Crippen LogP contribution in [0.2, 0.25) is 0 Å². The number of nitrogens with one attached hydrogen (secondary N) is 1. The number of carbonyl (C=O) groups is 2. The van der Waals surface area contributed by atoms with Gasteiger partial charge in [0, 0.05) is 31.2 Å². The quantitative estimate of drug-likeness (QED) is 0.838. The summed E-state index contributed by atoms with van der Waals surface area (Å²) < 4.78 is 38.6. The molecule has 0 saturated carbocycles. The molecule has 1 amide bonds. The van der Waals surface area contributed by atoms with Crippen molar-refractivity contribution in [2.45, 2.75) is 25.2 Å². The fraction of sp³-hybridized carbons (Fsp3) is 0.263. The summed E-state index contributed by atoms with van der Waals surface area (Å²) >= 11 is 0. The molecule has 1 aliphatic heterocycles. The van der Waals surface area contributed by atoms with Crippen LogP contribution >= 0.6 is 0 Å². The molecule has 2 aromatic carbocycles. The highest BCUT2D eigenvalue weighted by molar-refractivity contribution is 5.96. The van der Waals surface area contributed by atoms with E-state index in [0.717, 1.165) is 17.7 Å². The van der Waals surface area contributed by atoms with Crippen molar-refractivity contribution >= 4 is 17.6 Å². The number of hydrogen-bond donors (Lipinski definition) is 2. The van der Waals surface area contributed by atoms with E-state index in [0.29, 0.717) is 6.54 Å². The second-order valence-corrected chi connectivity index (χ2v) is 6.34. The topological polar surface area (TPSA) is 69.6 Å². The van der Waals surface area contributed by atoms with Crippen molar-refractivity contribution in [2.24, 2.45) is 0 Å². The van der Waals surface area contributed by atoms with Crippen molar-refractivity contribution in [2.75, 3.05) is 11.4 Å². The number of carbonyl (C=O) groups excluding carboxylic acids is 1. The summed E-state index contributed by atoms with van der Waals surface area (Å²) in [5.41, 5.74) is 0.337. The van der Waals surface area contributed by atoms with Gasteiger partial charge in [0.15, 0.2) is 0 Å². The first kappa shape index (κ1) is 18.9. The Kier molecular flexibility index (Phi) is 5.18. The molecule has 1 unspecified atom stereocenters. The molecule has 3 rings (SSSR count). The molecule has 1 aliphatic rings. The number of benzene rings is 2. The van der Waals surface area contributed by atoms with Crippen LogP contribution in [0.5, 0.6) is 0 Å². The van der Waals surface area contributed by atoms with Gasteiger partial charge in [0.2, 0.25) is 5.91 Å². The number of anilines is 1. The fourth-order valence-electron chi connectivity index (χ4n) is 3.02. The maximum atomic E-state index is 12.9. The van der Waals surface area contributed by atoms with E-state index in [1.807, 2.05) is 0 Å². The third-order valence-corrected chi connectivity index (χ3v) is 4.38. The molecule has 1 saturated heterocycles. The van der Waals surface area contributed by atoms with Crippen molar-refractivity contribution in [3.8, 4) is 0 Å². The van der Waals surface area contributed by atoms with Gasteiger partial charge in [0.25, 0.3) is 0 Å². The number of hydrogen-bond acceptors (Lipinski definition) is 3. The van der Waals surface area contributed by atoms with Gasteiger partial charge in [-0.1, -0.05) is 18.2 Å². The average Bonchev–Trinajstić information content (AvgIpc) is 3.00. The third-order valence-electron chi connectivity index (χ3n) is 4.38. The van der Waals surface area contributed by atoms with E-state index in [2.05, 4.69) is 5.32 Å². The summed E-state index contributed by atoms with van der Waals surface area (Å²) in [6.07, 6.45) is -4.31. The van der Waals surface area contributed by atoms with Gasteiger partial charge in [0.1, 0.15) is 0 Å². The van der Waals surface area contributed by atoms with Crippen LogP contribution in [0, 0.1) is 0 Å². The summed E-state index contributed by atoms with van der Waals surface area (Å²) in [4.78, 5) is 24.6. The molecule has 142 valence electrons. The van der Waals surface area contributed by atoms with E-state index in [1.54, 1.807) is 12.1 Å². The Morgan fingerprint density at radius 2 is 1.93 bits per heavy atom. The van der Waals surface area contributed by atoms with E-state index in [9.17, 15) is 22.8 Å². The first-order valence-electron chi connectivity index (χ1n) is 8.27. The van der Waals surface area contributed by atoms with Crippen molar-refractivity contribution in [3.05, 3.63) is 65.2 Å². The van der Waals surface area contributed by atoms with Crippen molar-refractivity contribution in [1.29, 1.82) is 0 Å². The van der Waals surface area contributed by atoms with Crippen LogP contribution in [0.1, 0.15) is 27.9 Å². The van der Waals surface area contributed by atoms with Crippen molar-refractivity contribution in [3.63, 3.8) is 0 Å². The summed E-state index contributed by atoms with van der Waals surface area (Å²) in [6.45, 7) is 0.605. The number of carboxylic acid groups (broad SMARTS) is 1. The Balaban J connectivity index is 1.66. The van der Waals surface area contributed by atoms with Crippen LogP contribution in [0.4, 0.5) is 18.9 Å². The van der Waals surface area contributed by atoms with Crippen LogP contribution in [-0.4, -0.2) is 29.6 Å². The molecule has 1 atom stereocenters. The van der Waals surface area contributed by atoms with Crippen LogP contribution in [0.25, 0.3) is 0 Å². The molecule has 0 aromatic heterocycles. The van der Waals surface area contributed by atoms with Crippen molar-refractivity contribution < 1.29 is 27.9 Å². The molecule has 1 heterocycles. The van der Waals surface area contributed by atoms with E-state index in [4.69, 9.17) is 5.11 Å². The molecule has 2 N–H and O–H groups in total. The highest BCUT2D eigenvalue weighted by Crippen LogP contribution is 2.32. The lowest BCUT2D eigenvalue weighted by atomic mass is 10.1. The molecule has 5 nitrogen and oxygen atoms in total. The predicted octanol–water partition coefficient (Wildman–Crippen LogP) is 3.30. The summed E-state index contributed by atoms with van der Waals surface area (Å²) in [5.74, 6) is -1.28. The lowest BCUT2D eigenvalue weighted by molar-refractivity contribution is -0.137.